The molecule has 0 atom stereocenters. The summed E-state index contributed by atoms with van der Waals surface area (Å²) in [6.07, 6.45) is 2.83. The zero-order valence-corrected chi connectivity index (χ0v) is 8.99. The molecule has 0 radical (unpaired) electrons. The molecule has 0 unspecified atom stereocenters. The molecule has 0 saturated carbocycles. The van der Waals surface area contributed by atoms with Gasteiger partial charge in [0.25, 0.3) is 0 Å². The maximum atomic E-state index is 5.57. The molecular formula is C13H18O. The van der Waals surface area contributed by atoms with E-state index in [1.165, 1.54) is 5.56 Å². The molecule has 1 nitrogen and oxygen atoms in total. The van der Waals surface area contributed by atoms with E-state index in [-0.39, 0.29) is 0 Å². The van der Waals surface area contributed by atoms with Crippen LogP contribution >= 0.6 is 0 Å². The van der Waals surface area contributed by atoms with Crippen LogP contribution in [0.5, 0.6) is 5.75 Å². The fraction of sp³-hybridized carbons (Fsp3) is 0.385. The molecule has 76 valence electrons. The van der Waals surface area contributed by atoms with Crippen LogP contribution in [0, 0.1) is 5.92 Å². The molecule has 0 aromatic heterocycles. The summed E-state index contributed by atoms with van der Waals surface area (Å²) in [5.41, 5.74) is 1.27. The van der Waals surface area contributed by atoms with Crippen molar-refractivity contribution in [2.75, 3.05) is 6.61 Å². The molecule has 0 aliphatic rings. The van der Waals surface area contributed by atoms with Crippen molar-refractivity contribution >= 4 is 0 Å². The minimum absolute atomic E-state index is 0.572. The minimum Gasteiger partial charge on any atom is -0.493 e. The molecule has 0 spiro atoms. The van der Waals surface area contributed by atoms with E-state index in [9.17, 15) is 0 Å². The summed E-state index contributed by atoms with van der Waals surface area (Å²) in [5.74, 6) is 1.52. The van der Waals surface area contributed by atoms with Gasteiger partial charge in [0.1, 0.15) is 5.75 Å². The fourth-order valence-electron chi connectivity index (χ4n) is 1.15. The maximum Gasteiger partial charge on any atom is 0.119 e. The highest BCUT2D eigenvalue weighted by Crippen LogP contribution is 2.13. The van der Waals surface area contributed by atoms with Crippen LogP contribution in [0.1, 0.15) is 19.4 Å². The molecule has 1 heteroatoms. The Balaban J connectivity index is 2.50. The topological polar surface area (TPSA) is 9.23 Å². The number of allylic oxidation sites excluding steroid dienone is 1. The second-order valence-corrected chi connectivity index (χ2v) is 3.84. The van der Waals surface area contributed by atoms with Crippen molar-refractivity contribution in [3.05, 3.63) is 42.5 Å². The van der Waals surface area contributed by atoms with E-state index in [1.807, 2.05) is 18.2 Å². The Hall–Kier alpha value is -1.24. The van der Waals surface area contributed by atoms with Crippen LogP contribution < -0.4 is 4.74 Å². The lowest BCUT2D eigenvalue weighted by molar-refractivity contribution is 0.271. The molecular weight excluding hydrogens is 172 g/mol. The summed E-state index contributed by atoms with van der Waals surface area (Å²) < 4.78 is 5.57. The summed E-state index contributed by atoms with van der Waals surface area (Å²) in [5, 5.41) is 0. The SMILES string of the molecule is C=CCc1ccc(OCC(C)C)cc1. The average Bonchev–Trinajstić information content (AvgIpc) is 2.17. The van der Waals surface area contributed by atoms with Crippen molar-refractivity contribution < 1.29 is 4.74 Å². The van der Waals surface area contributed by atoms with Crippen molar-refractivity contribution in [1.82, 2.24) is 0 Å². The second-order valence-electron chi connectivity index (χ2n) is 3.84. The predicted octanol–water partition coefficient (Wildman–Crippen LogP) is 3.45. The lowest BCUT2D eigenvalue weighted by Crippen LogP contribution is -2.04. The Morgan fingerprint density at radius 1 is 1.29 bits per heavy atom. The molecule has 0 amide bonds. The number of rotatable bonds is 5. The van der Waals surface area contributed by atoms with Crippen LogP contribution in [-0.2, 0) is 6.42 Å². The maximum absolute atomic E-state index is 5.57. The van der Waals surface area contributed by atoms with Gasteiger partial charge in [0, 0.05) is 0 Å². The number of benzene rings is 1. The zero-order chi connectivity index (χ0) is 10.4. The first-order valence-corrected chi connectivity index (χ1v) is 5.05. The van der Waals surface area contributed by atoms with Crippen molar-refractivity contribution in [1.29, 1.82) is 0 Å². The quantitative estimate of drug-likeness (QED) is 0.646. The first kappa shape index (κ1) is 10.8. The van der Waals surface area contributed by atoms with E-state index in [0.717, 1.165) is 18.8 Å². The summed E-state index contributed by atoms with van der Waals surface area (Å²) >= 11 is 0. The first-order valence-electron chi connectivity index (χ1n) is 5.05. The van der Waals surface area contributed by atoms with E-state index in [2.05, 4.69) is 32.6 Å². The van der Waals surface area contributed by atoms with E-state index in [0.29, 0.717) is 5.92 Å². The number of hydrogen-bond donors (Lipinski definition) is 0. The molecule has 0 bridgehead atoms. The van der Waals surface area contributed by atoms with Gasteiger partial charge in [-0.2, -0.15) is 0 Å². The van der Waals surface area contributed by atoms with Gasteiger partial charge >= 0.3 is 0 Å². The van der Waals surface area contributed by atoms with Crippen molar-refractivity contribution in [2.45, 2.75) is 20.3 Å². The number of ether oxygens (including phenoxy) is 1. The van der Waals surface area contributed by atoms with Crippen molar-refractivity contribution in [2.24, 2.45) is 5.92 Å². The third kappa shape index (κ3) is 3.65. The van der Waals surface area contributed by atoms with E-state index >= 15 is 0 Å². The Morgan fingerprint density at radius 2 is 1.93 bits per heavy atom. The Bertz CT molecular complexity index is 272. The van der Waals surface area contributed by atoms with Gasteiger partial charge in [0.2, 0.25) is 0 Å². The lowest BCUT2D eigenvalue weighted by Gasteiger charge is -2.08. The van der Waals surface area contributed by atoms with E-state index in [1.54, 1.807) is 0 Å². The van der Waals surface area contributed by atoms with Crippen molar-refractivity contribution in [3.63, 3.8) is 0 Å². The molecule has 0 aliphatic carbocycles. The van der Waals surface area contributed by atoms with Crippen LogP contribution in [0.2, 0.25) is 0 Å². The first-order chi connectivity index (χ1) is 6.72. The highest BCUT2D eigenvalue weighted by Gasteiger charge is 1.96. The van der Waals surface area contributed by atoms with Gasteiger partial charge in [0.05, 0.1) is 6.61 Å². The van der Waals surface area contributed by atoms with Crippen LogP contribution in [0.4, 0.5) is 0 Å². The zero-order valence-electron chi connectivity index (χ0n) is 8.99. The predicted molar refractivity (Wildman–Crippen MR) is 60.7 cm³/mol. The minimum atomic E-state index is 0.572. The summed E-state index contributed by atoms with van der Waals surface area (Å²) in [4.78, 5) is 0. The highest BCUT2D eigenvalue weighted by atomic mass is 16.5. The monoisotopic (exact) mass is 190 g/mol. The molecule has 14 heavy (non-hydrogen) atoms. The third-order valence-corrected chi connectivity index (χ3v) is 1.89. The molecule has 1 rings (SSSR count). The van der Waals surface area contributed by atoms with Crippen LogP contribution in [0.15, 0.2) is 36.9 Å². The molecule has 1 aromatic carbocycles. The fourth-order valence-corrected chi connectivity index (χ4v) is 1.15. The van der Waals surface area contributed by atoms with Gasteiger partial charge in [0.15, 0.2) is 0 Å². The highest BCUT2D eigenvalue weighted by molar-refractivity contribution is 5.28. The van der Waals surface area contributed by atoms with Gasteiger partial charge in [-0.15, -0.1) is 6.58 Å². The van der Waals surface area contributed by atoms with Crippen molar-refractivity contribution in [3.8, 4) is 5.75 Å². The second kappa shape index (κ2) is 5.48. The van der Waals surface area contributed by atoms with Crippen LogP contribution in [0.3, 0.4) is 0 Å². The Labute approximate surface area is 86.4 Å². The number of hydrogen-bond acceptors (Lipinski definition) is 1. The Kier molecular flexibility index (Phi) is 4.24. The average molecular weight is 190 g/mol. The van der Waals surface area contributed by atoms with Crippen LogP contribution in [0.25, 0.3) is 0 Å². The molecule has 0 saturated heterocycles. The molecule has 0 aliphatic heterocycles. The summed E-state index contributed by atoms with van der Waals surface area (Å²) in [6.45, 7) is 8.78. The van der Waals surface area contributed by atoms with E-state index < -0.39 is 0 Å². The molecule has 1 aromatic rings. The van der Waals surface area contributed by atoms with Gasteiger partial charge in [-0.05, 0) is 30.0 Å². The smallest absolute Gasteiger partial charge is 0.119 e. The molecule has 0 fully saturated rings. The van der Waals surface area contributed by atoms with Gasteiger partial charge < -0.3 is 4.74 Å². The standard InChI is InChI=1S/C13H18O/c1-4-5-12-6-8-13(9-7-12)14-10-11(2)3/h4,6-9,11H,1,5,10H2,2-3H3. The molecule has 0 heterocycles. The largest absolute Gasteiger partial charge is 0.493 e. The Morgan fingerprint density at radius 3 is 2.43 bits per heavy atom. The van der Waals surface area contributed by atoms with Crippen LogP contribution in [-0.4, -0.2) is 6.61 Å². The van der Waals surface area contributed by atoms with Gasteiger partial charge in [-0.25, -0.2) is 0 Å². The lowest BCUT2D eigenvalue weighted by atomic mass is 10.1. The molecule has 0 N–H and O–H groups in total. The third-order valence-electron chi connectivity index (χ3n) is 1.89. The summed E-state index contributed by atoms with van der Waals surface area (Å²) in [6, 6.07) is 8.19. The normalized spacial score (nSPS) is 10.2. The van der Waals surface area contributed by atoms with Gasteiger partial charge in [-0.3, -0.25) is 0 Å². The van der Waals surface area contributed by atoms with Gasteiger partial charge in [-0.1, -0.05) is 32.1 Å². The van der Waals surface area contributed by atoms with E-state index in [4.69, 9.17) is 4.74 Å². The summed E-state index contributed by atoms with van der Waals surface area (Å²) in [7, 11) is 0.